The maximum absolute atomic E-state index is 11.3. The van der Waals surface area contributed by atoms with Gasteiger partial charge in [-0.3, -0.25) is 10.1 Å². The van der Waals surface area contributed by atoms with Gasteiger partial charge in [0, 0.05) is 12.6 Å². The molecular weight excluding hydrogens is 238 g/mol. The second kappa shape index (κ2) is 6.20. The number of nitrogens with zero attached hydrogens (tertiary/aromatic N) is 2. The van der Waals surface area contributed by atoms with Crippen LogP contribution in [0.1, 0.15) is 16.8 Å². The minimum absolute atomic E-state index is 0.107. The molecule has 0 heterocycles. The predicted octanol–water partition coefficient (Wildman–Crippen LogP) is 1.71. The molecular formula is C11H11N3O4. The topological polar surface area (TPSA) is 105 Å². The van der Waals surface area contributed by atoms with Gasteiger partial charge in [-0.05, 0) is 12.1 Å². The molecule has 0 saturated carbocycles. The zero-order chi connectivity index (χ0) is 13.5. The number of nitriles is 1. The number of ether oxygens (including phenoxy) is 1. The van der Waals surface area contributed by atoms with Crippen molar-refractivity contribution < 1.29 is 14.5 Å². The van der Waals surface area contributed by atoms with Crippen molar-refractivity contribution >= 4 is 17.3 Å². The fourth-order valence-electron chi connectivity index (χ4n) is 1.33. The van der Waals surface area contributed by atoms with Crippen LogP contribution in [-0.2, 0) is 4.74 Å². The average Bonchev–Trinajstić information content (AvgIpc) is 2.38. The molecule has 94 valence electrons. The highest BCUT2D eigenvalue weighted by Crippen LogP contribution is 2.25. The van der Waals surface area contributed by atoms with E-state index in [0.29, 0.717) is 6.54 Å². The van der Waals surface area contributed by atoms with Gasteiger partial charge in [0.25, 0.3) is 5.69 Å². The maximum Gasteiger partial charge on any atom is 0.338 e. The number of esters is 1. The van der Waals surface area contributed by atoms with Gasteiger partial charge in [-0.15, -0.1) is 0 Å². The first-order valence-electron chi connectivity index (χ1n) is 5.07. The molecule has 0 aromatic heterocycles. The van der Waals surface area contributed by atoms with Gasteiger partial charge in [-0.2, -0.15) is 5.26 Å². The van der Waals surface area contributed by atoms with E-state index in [9.17, 15) is 14.9 Å². The summed E-state index contributed by atoms with van der Waals surface area (Å²) in [6, 6.07) is 5.90. The summed E-state index contributed by atoms with van der Waals surface area (Å²) in [6.07, 6.45) is 0.232. The second-order valence-corrected chi connectivity index (χ2v) is 3.32. The Morgan fingerprint density at radius 1 is 1.61 bits per heavy atom. The van der Waals surface area contributed by atoms with Gasteiger partial charge in [0.1, 0.15) is 5.69 Å². The molecule has 18 heavy (non-hydrogen) atoms. The Morgan fingerprint density at radius 2 is 2.33 bits per heavy atom. The molecule has 0 aliphatic heterocycles. The first-order chi connectivity index (χ1) is 8.60. The van der Waals surface area contributed by atoms with Crippen LogP contribution in [0.4, 0.5) is 11.4 Å². The molecule has 1 rings (SSSR count). The van der Waals surface area contributed by atoms with Crippen molar-refractivity contribution in [1.29, 1.82) is 5.26 Å². The maximum atomic E-state index is 11.3. The Balaban J connectivity index is 3.01. The molecule has 7 heteroatoms. The highest BCUT2D eigenvalue weighted by molar-refractivity contribution is 5.91. The Morgan fingerprint density at radius 3 is 2.89 bits per heavy atom. The summed E-state index contributed by atoms with van der Waals surface area (Å²) < 4.78 is 4.48. The monoisotopic (exact) mass is 249 g/mol. The number of hydrogen-bond donors (Lipinski definition) is 1. The van der Waals surface area contributed by atoms with Crippen LogP contribution in [0.15, 0.2) is 18.2 Å². The summed E-state index contributed by atoms with van der Waals surface area (Å²) in [5.41, 5.74) is 0.147. The quantitative estimate of drug-likeness (QED) is 0.368. The normalized spacial score (nSPS) is 9.33. The van der Waals surface area contributed by atoms with Crippen LogP contribution in [0.5, 0.6) is 0 Å². The zero-order valence-corrected chi connectivity index (χ0v) is 9.67. The molecule has 0 aliphatic rings. The zero-order valence-electron chi connectivity index (χ0n) is 9.67. The fraction of sp³-hybridized carbons (Fsp3) is 0.273. The Labute approximate surface area is 103 Å². The van der Waals surface area contributed by atoms with Gasteiger partial charge in [0.05, 0.1) is 30.1 Å². The number of nitro benzene ring substituents is 1. The van der Waals surface area contributed by atoms with E-state index >= 15 is 0 Å². The molecule has 0 aliphatic carbocycles. The van der Waals surface area contributed by atoms with Crippen molar-refractivity contribution in [2.45, 2.75) is 6.42 Å². The van der Waals surface area contributed by atoms with Crippen LogP contribution >= 0.6 is 0 Å². The van der Waals surface area contributed by atoms with Crippen molar-refractivity contribution in [2.24, 2.45) is 0 Å². The highest BCUT2D eigenvalue weighted by atomic mass is 16.6. The van der Waals surface area contributed by atoms with Crippen LogP contribution < -0.4 is 5.32 Å². The first-order valence-corrected chi connectivity index (χ1v) is 5.07. The minimum atomic E-state index is -0.637. The molecule has 0 atom stereocenters. The lowest BCUT2D eigenvalue weighted by molar-refractivity contribution is -0.384. The van der Waals surface area contributed by atoms with Gasteiger partial charge in [0.2, 0.25) is 0 Å². The van der Waals surface area contributed by atoms with Crippen molar-refractivity contribution in [3.63, 3.8) is 0 Å². The van der Waals surface area contributed by atoms with E-state index in [-0.39, 0.29) is 23.4 Å². The smallest absolute Gasteiger partial charge is 0.338 e. The predicted molar refractivity (Wildman–Crippen MR) is 63.2 cm³/mol. The van der Waals surface area contributed by atoms with Crippen LogP contribution in [0, 0.1) is 21.4 Å². The number of anilines is 1. The molecule has 0 radical (unpaired) electrons. The standard InChI is InChI=1S/C11H11N3O4/c1-18-11(15)8-3-4-9(13-6-2-5-12)10(7-8)14(16)17/h3-4,7,13H,2,6H2,1H3. The van der Waals surface area contributed by atoms with Crippen LogP contribution in [-0.4, -0.2) is 24.5 Å². The molecule has 7 nitrogen and oxygen atoms in total. The summed E-state index contributed by atoms with van der Waals surface area (Å²) in [6.45, 7) is 0.301. The number of carbonyl (C=O) groups excluding carboxylic acids is 1. The Hall–Kier alpha value is -2.62. The number of carbonyl (C=O) groups is 1. The lowest BCUT2D eigenvalue weighted by Gasteiger charge is -2.06. The molecule has 0 saturated heterocycles. The molecule has 0 fully saturated rings. The largest absolute Gasteiger partial charge is 0.465 e. The number of hydrogen-bond acceptors (Lipinski definition) is 6. The molecule has 0 unspecified atom stereocenters. The molecule has 1 aromatic carbocycles. The highest BCUT2D eigenvalue weighted by Gasteiger charge is 2.17. The van der Waals surface area contributed by atoms with Gasteiger partial charge in [0.15, 0.2) is 0 Å². The molecule has 0 amide bonds. The fourth-order valence-corrected chi connectivity index (χ4v) is 1.33. The van der Waals surface area contributed by atoms with Crippen molar-refractivity contribution in [2.75, 3.05) is 19.0 Å². The lowest BCUT2D eigenvalue weighted by atomic mass is 10.1. The van der Waals surface area contributed by atoms with Gasteiger partial charge in [-0.25, -0.2) is 4.79 Å². The molecule has 1 aromatic rings. The van der Waals surface area contributed by atoms with E-state index in [4.69, 9.17) is 5.26 Å². The number of benzene rings is 1. The van der Waals surface area contributed by atoms with Crippen LogP contribution in [0.2, 0.25) is 0 Å². The summed E-state index contributed by atoms with van der Waals surface area (Å²) in [5, 5.41) is 22.0. The van der Waals surface area contributed by atoms with Crippen molar-refractivity contribution in [3.05, 3.63) is 33.9 Å². The minimum Gasteiger partial charge on any atom is -0.465 e. The van der Waals surface area contributed by atoms with Gasteiger partial charge in [-0.1, -0.05) is 0 Å². The molecule has 1 N–H and O–H groups in total. The van der Waals surface area contributed by atoms with E-state index in [1.165, 1.54) is 19.2 Å². The third-order valence-corrected chi connectivity index (χ3v) is 2.17. The van der Waals surface area contributed by atoms with Crippen LogP contribution in [0.3, 0.4) is 0 Å². The van der Waals surface area contributed by atoms with E-state index in [2.05, 4.69) is 10.1 Å². The number of methoxy groups -OCH3 is 1. The Kier molecular flexibility index (Phi) is 4.63. The SMILES string of the molecule is COC(=O)c1ccc(NCCC#N)c([N+](=O)[O-])c1. The molecule has 0 spiro atoms. The lowest BCUT2D eigenvalue weighted by Crippen LogP contribution is -2.06. The van der Waals surface area contributed by atoms with Crippen LogP contribution in [0.25, 0.3) is 0 Å². The van der Waals surface area contributed by atoms with E-state index in [1.54, 1.807) is 0 Å². The van der Waals surface area contributed by atoms with E-state index in [0.717, 1.165) is 6.07 Å². The number of nitro groups is 1. The Bertz CT molecular complexity index is 508. The third-order valence-electron chi connectivity index (χ3n) is 2.17. The summed E-state index contributed by atoms with van der Waals surface area (Å²) in [7, 11) is 1.20. The summed E-state index contributed by atoms with van der Waals surface area (Å²) >= 11 is 0. The number of rotatable bonds is 5. The second-order valence-electron chi connectivity index (χ2n) is 3.32. The van der Waals surface area contributed by atoms with E-state index < -0.39 is 10.9 Å². The van der Waals surface area contributed by atoms with Crippen molar-refractivity contribution in [3.8, 4) is 6.07 Å². The van der Waals surface area contributed by atoms with E-state index in [1.807, 2.05) is 6.07 Å². The van der Waals surface area contributed by atoms with Crippen molar-refractivity contribution in [1.82, 2.24) is 0 Å². The third kappa shape index (κ3) is 3.18. The molecule has 0 bridgehead atoms. The summed E-state index contributed by atoms with van der Waals surface area (Å²) in [4.78, 5) is 21.5. The van der Waals surface area contributed by atoms with Gasteiger partial charge >= 0.3 is 5.97 Å². The van der Waals surface area contributed by atoms with Gasteiger partial charge < -0.3 is 10.1 Å². The first kappa shape index (κ1) is 13.4. The summed E-state index contributed by atoms with van der Waals surface area (Å²) in [5.74, 6) is -0.637. The number of nitrogens with one attached hydrogen (secondary N) is 1. The average molecular weight is 249 g/mol.